The Hall–Kier alpha value is -2.25. The maximum Gasteiger partial charge on any atom is 0.132 e. The molecule has 0 saturated carbocycles. The number of hydrogen-bond acceptors (Lipinski definition) is 4. The Morgan fingerprint density at radius 2 is 2.05 bits per heavy atom. The van der Waals surface area contributed by atoms with Gasteiger partial charge in [0.25, 0.3) is 0 Å². The Kier molecular flexibility index (Phi) is 4.80. The van der Waals surface area contributed by atoms with Crippen LogP contribution in [0.5, 0.6) is 0 Å². The number of nitriles is 1. The molecule has 2 aromatic rings. The van der Waals surface area contributed by atoms with Crippen LogP contribution in [-0.2, 0) is 0 Å². The summed E-state index contributed by atoms with van der Waals surface area (Å²) in [5, 5.41) is 15.8. The average Bonchev–Trinajstić information content (AvgIpc) is 2.48. The molecule has 1 aromatic carbocycles. The van der Waals surface area contributed by atoms with Crippen molar-refractivity contribution in [1.82, 2.24) is 4.98 Å². The molecule has 0 unspecified atom stereocenters. The van der Waals surface area contributed by atoms with E-state index in [9.17, 15) is 0 Å². The molecule has 20 heavy (non-hydrogen) atoms. The van der Waals surface area contributed by atoms with Crippen LogP contribution in [0, 0.1) is 11.3 Å². The molecule has 0 saturated heterocycles. The molecule has 1 heterocycles. The molecule has 2 N–H and O–H groups in total. The summed E-state index contributed by atoms with van der Waals surface area (Å²) in [7, 11) is 0. The van der Waals surface area contributed by atoms with Crippen LogP contribution in [0.15, 0.2) is 36.4 Å². The molecular weight excluding hydrogens is 272 g/mol. The first kappa shape index (κ1) is 14.2. The Bertz CT molecular complexity index is 634. The van der Waals surface area contributed by atoms with Gasteiger partial charge in [0.05, 0.1) is 22.3 Å². The van der Waals surface area contributed by atoms with E-state index in [1.165, 1.54) is 0 Å². The van der Waals surface area contributed by atoms with Crippen molar-refractivity contribution >= 4 is 28.9 Å². The molecule has 0 atom stereocenters. The topological polar surface area (TPSA) is 60.7 Å². The first-order chi connectivity index (χ1) is 9.72. The van der Waals surface area contributed by atoms with Crippen LogP contribution in [0.1, 0.15) is 18.9 Å². The average molecular weight is 287 g/mol. The summed E-state index contributed by atoms with van der Waals surface area (Å²) in [4.78, 5) is 4.44. The molecule has 102 valence electrons. The predicted molar refractivity (Wildman–Crippen MR) is 82.5 cm³/mol. The largest absolute Gasteiger partial charge is 0.370 e. The Morgan fingerprint density at radius 3 is 2.80 bits per heavy atom. The highest BCUT2D eigenvalue weighted by Crippen LogP contribution is 2.26. The lowest BCUT2D eigenvalue weighted by molar-refractivity contribution is 0.970. The lowest BCUT2D eigenvalue weighted by Crippen LogP contribution is -2.03. The number of nitrogens with one attached hydrogen (secondary N) is 2. The van der Waals surface area contributed by atoms with Crippen molar-refractivity contribution in [2.45, 2.75) is 13.3 Å². The van der Waals surface area contributed by atoms with E-state index >= 15 is 0 Å². The highest BCUT2D eigenvalue weighted by molar-refractivity contribution is 6.33. The lowest BCUT2D eigenvalue weighted by Gasteiger charge is -2.10. The molecule has 0 bridgehead atoms. The standard InChI is InChI=1S/C15H15ClN4/c1-2-8-18-14-4-3-5-15(20-14)19-13-9-11(10-17)6-7-12(13)16/h3-7,9H,2,8H2,1H3,(H2,18,19,20). The van der Waals surface area contributed by atoms with Crippen molar-refractivity contribution in [2.24, 2.45) is 0 Å². The van der Waals surface area contributed by atoms with Crippen molar-refractivity contribution in [2.75, 3.05) is 17.2 Å². The van der Waals surface area contributed by atoms with E-state index in [-0.39, 0.29) is 0 Å². The highest BCUT2D eigenvalue weighted by atomic mass is 35.5. The van der Waals surface area contributed by atoms with Crippen molar-refractivity contribution < 1.29 is 0 Å². The number of benzene rings is 1. The molecule has 1 aromatic heterocycles. The predicted octanol–water partition coefficient (Wildman–Crippen LogP) is 4.17. The van der Waals surface area contributed by atoms with Gasteiger partial charge < -0.3 is 10.6 Å². The Balaban J connectivity index is 2.19. The van der Waals surface area contributed by atoms with Gasteiger partial charge in [0.2, 0.25) is 0 Å². The zero-order valence-electron chi connectivity index (χ0n) is 11.2. The first-order valence-corrected chi connectivity index (χ1v) is 6.78. The quantitative estimate of drug-likeness (QED) is 0.866. The third kappa shape index (κ3) is 3.62. The smallest absolute Gasteiger partial charge is 0.132 e. The van der Waals surface area contributed by atoms with Gasteiger partial charge in [-0.1, -0.05) is 24.6 Å². The van der Waals surface area contributed by atoms with Gasteiger partial charge in [0, 0.05) is 6.54 Å². The fourth-order valence-corrected chi connectivity index (χ4v) is 1.85. The summed E-state index contributed by atoms with van der Waals surface area (Å²) in [6, 6.07) is 12.8. The van der Waals surface area contributed by atoms with Crippen LogP contribution < -0.4 is 10.6 Å². The van der Waals surface area contributed by atoms with E-state index in [1.54, 1.807) is 18.2 Å². The number of anilines is 3. The van der Waals surface area contributed by atoms with Gasteiger partial charge in [-0.3, -0.25) is 0 Å². The van der Waals surface area contributed by atoms with Crippen LogP contribution in [0.2, 0.25) is 5.02 Å². The molecule has 0 aliphatic rings. The summed E-state index contributed by atoms with van der Waals surface area (Å²) in [5.41, 5.74) is 1.23. The minimum Gasteiger partial charge on any atom is -0.370 e. The summed E-state index contributed by atoms with van der Waals surface area (Å²) in [5.74, 6) is 1.49. The summed E-state index contributed by atoms with van der Waals surface area (Å²) < 4.78 is 0. The summed E-state index contributed by atoms with van der Waals surface area (Å²) in [6.45, 7) is 2.98. The highest BCUT2D eigenvalue weighted by Gasteiger charge is 2.04. The molecule has 0 amide bonds. The number of halogens is 1. The van der Waals surface area contributed by atoms with E-state index in [2.05, 4.69) is 28.6 Å². The van der Waals surface area contributed by atoms with Gasteiger partial charge in [-0.25, -0.2) is 4.98 Å². The first-order valence-electron chi connectivity index (χ1n) is 6.40. The van der Waals surface area contributed by atoms with Crippen LogP contribution in [0.4, 0.5) is 17.3 Å². The van der Waals surface area contributed by atoms with Gasteiger partial charge >= 0.3 is 0 Å². The maximum atomic E-state index is 8.91. The van der Waals surface area contributed by atoms with Crippen molar-refractivity contribution in [3.05, 3.63) is 47.0 Å². The van der Waals surface area contributed by atoms with Gasteiger partial charge in [-0.05, 0) is 36.8 Å². The second-order valence-corrected chi connectivity index (χ2v) is 4.67. The van der Waals surface area contributed by atoms with Gasteiger partial charge in [-0.2, -0.15) is 5.26 Å². The monoisotopic (exact) mass is 286 g/mol. The number of nitrogens with zero attached hydrogens (tertiary/aromatic N) is 2. The lowest BCUT2D eigenvalue weighted by atomic mass is 10.2. The normalized spacial score (nSPS) is 9.85. The number of hydrogen-bond donors (Lipinski definition) is 2. The molecule has 0 fully saturated rings. The van der Waals surface area contributed by atoms with E-state index < -0.39 is 0 Å². The van der Waals surface area contributed by atoms with Gasteiger partial charge in [0.1, 0.15) is 11.6 Å². The van der Waals surface area contributed by atoms with Crippen molar-refractivity contribution in [3.8, 4) is 6.07 Å². The third-order valence-corrected chi connectivity index (χ3v) is 2.99. The van der Waals surface area contributed by atoms with Crippen LogP contribution in [0.25, 0.3) is 0 Å². The molecule has 2 rings (SSSR count). The van der Waals surface area contributed by atoms with Gasteiger partial charge in [0.15, 0.2) is 0 Å². The molecule has 0 radical (unpaired) electrons. The fraction of sp³-hybridized carbons (Fsp3) is 0.200. The minimum atomic E-state index is 0.553. The second-order valence-electron chi connectivity index (χ2n) is 4.27. The Morgan fingerprint density at radius 1 is 1.25 bits per heavy atom. The van der Waals surface area contributed by atoms with Crippen molar-refractivity contribution in [3.63, 3.8) is 0 Å². The van der Waals surface area contributed by atoms with Gasteiger partial charge in [-0.15, -0.1) is 0 Å². The molecular formula is C15H15ClN4. The van der Waals surface area contributed by atoms with E-state index in [1.807, 2.05) is 18.2 Å². The second kappa shape index (κ2) is 6.78. The van der Waals surface area contributed by atoms with E-state index in [0.717, 1.165) is 18.8 Å². The molecule has 0 aliphatic carbocycles. The maximum absolute atomic E-state index is 8.91. The van der Waals surface area contributed by atoms with Crippen LogP contribution >= 0.6 is 11.6 Å². The number of rotatable bonds is 5. The number of pyridine rings is 1. The third-order valence-electron chi connectivity index (χ3n) is 2.66. The van der Waals surface area contributed by atoms with Crippen molar-refractivity contribution in [1.29, 1.82) is 5.26 Å². The van der Waals surface area contributed by atoms with Crippen LogP contribution in [0.3, 0.4) is 0 Å². The van der Waals surface area contributed by atoms with E-state index in [0.29, 0.717) is 22.1 Å². The fourth-order valence-electron chi connectivity index (χ4n) is 1.68. The SMILES string of the molecule is CCCNc1cccc(Nc2cc(C#N)ccc2Cl)n1. The van der Waals surface area contributed by atoms with Crippen LogP contribution in [-0.4, -0.2) is 11.5 Å². The molecule has 4 nitrogen and oxygen atoms in total. The summed E-state index contributed by atoms with van der Waals surface area (Å²) >= 11 is 6.11. The molecule has 5 heteroatoms. The Labute approximate surface area is 123 Å². The van der Waals surface area contributed by atoms with E-state index in [4.69, 9.17) is 16.9 Å². The zero-order valence-corrected chi connectivity index (χ0v) is 11.9. The zero-order chi connectivity index (χ0) is 14.4. The molecule has 0 aliphatic heterocycles. The number of aromatic nitrogens is 1. The summed E-state index contributed by atoms with van der Waals surface area (Å²) in [6.07, 6.45) is 1.04. The minimum absolute atomic E-state index is 0.553. The molecule has 0 spiro atoms.